The lowest BCUT2D eigenvalue weighted by atomic mass is 10.3. The second-order valence-electron chi connectivity index (χ2n) is 2.58. The third-order valence-electron chi connectivity index (χ3n) is 1.62. The number of aryl methyl sites for hydroxylation is 3. The van der Waals surface area contributed by atoms with Crippen LogP contribution in [0.15, 0.2) is 0 Å². The van der Waals surface area contributed by atoms with Crippen LogP contribution in [0.25, 0.3) is 0 Å². The van der Waals surface area contributed by atoms with E-state index in [2.05, 4.69) is 11.9 Å². The Bertz CT molecular complexity index is 212. The van der Waals surface area contributed by atoms with Gasteiger partial charge >= 0.3 is 0 Å². The minimum Gasteiger partial charge on any atom is -0.396 e. The van der Waals surface area contributed by atoms with Crippen molar-refractivity contribution in [2.45, 2.75) is 26.7 Å². The van der Waals surface area contributed by atoms with E-state index in [1.807, 2.05) is 6.92 Å². The van der Waals surface area contributed by atoms with Crippen molar-refractivity contribution in [3.8, 4) is 0 Å². The lowest BCUT2D eigenvalue weighted by Gasteiger charge is -1.89. The molecule has 0 saturated carbocycles. The summed E-state index contributed by atoms with van der Waals surface area (Å²) in [6.45, 7) is 4.36. The maximum absolute atomic E-state index is 8.58. The van der Waals surface area contributed by atoms with Crippen molar-refractivity contribution in [1.82, 2.24) is 4.98 Å². The number of aliphatic hydroxyl groups is 1. The average Bonchev–Trinajstić information content (AvgIpc) is 2.28. The fraction of sp³-hybridized carbons (Fsp3) is 0.625. The van der Waals surface area contributed by atoms with Gasteiger partial charge in [0.1, 0.15) is 0 Å². The first-order valence-corrected chi connectivity index (χ1v) is 4.59. The Kier molecular flexibility index (Phi) is 3.02. The standard InChI is InChI=1S/C8H13NOS/c1-6-7(2)11-8(9-6)4-3-5-10/h10H,3-5H2,1-2H3. The predicted octanol–water partition coefficient (Wildman–Crippen LogP) is 1.68. The molecule has 2 nitrogen and oxygen atoms in total. The van der Waals surface area contributed by atoms with Gasteiger partial charge in [-0.25, -0.2) is 4.98 Å². The van der Waals surface area contributed by atoms with Gasteiger partial charge < -0.3 is 5.11 Å². The third-order valence-corrected chi connectivity index (χ3v) is 2.75. The van der Waals surface area contributed by atoms with Crippen LogP contribution in [0.1, 0.15) is 22.0 Å². The highest BCUT2D eigenvalue weighted by molar-refractivity contribution is 7.11. The highest BCUT2D eigenvalue weighted by atomic mass is 32.1. The Morgan fingerprint density at radius 3 is 2.64 bits per heavy atom. The Labute approximate surface area is 70.9 Å². The second-order valence-corrected chi connectivity index (χ2v) is 3.86. The van der Waals surface area contributed by atoms with Crippen molar-refractivity contribution in [3.63, 3.8) is 0 Å². The van der Waals surface area contributed by atoms with Crippen LogP contribution in [0.2, 0.25) is 0 Å². The Hall–Kier alpha value is -0.410. The van der Waals surface area contributed by atoms with Crippen molar-refractivity contribution in [2.75, 3.05) is 6.61 Å². The molecule has 0 bridgehead atoms. The Morgan fingerprint density at radius 1 is 1.45 bits per heavy atom. The maximum atomic E-state index is 8.58. The normalized spacial score (nSPS) is 10.5. The maximum Gasteiger partial charge on any atom is 0.0931 e. The first-order chi connectivity index (χ1) is 5.24. The number of hydrogen-bond donors (Lipinski definition) is 1. The molecule has 1 heterocycles. The van der Waals surface area contributed by atoms with E-state index < -0.39 is 0 Å². The molecule has 0 spiro atoms. The zero-order valence-electron chi connectivity index (χ0n) is 6.92. The van der Waals surface area contributed by atoms with Crippen LogP contribution < -0.4 is 0 Å². The van der Waals surface area contributed by atoms with Crippen molar-refractivity contribution < 1.29 is 5.11 Å². The van der Waals surface area contributed by atoms with Crippen molar-refractivity contribution in [3.05, 3.63) is 15.6 Å². The molecule has 11 heavy (non-hydrogen) atoms. The molecule has 0 radical (unpaired) electrons. The predicted molar refractivity (Wildman–Crippen MR) is 47.0 cm³/mol. The second kappa shape index (κ2) is 3.83. The van der Waals surface area contributed by atoms with Crippen LogP contribution in [0.5, 0.6) is 0 Å². The minimum absolute atomic E-state index is 0.262. The zero-order valence-corrected chi connectivity index (χ0v) is 7.74. The molecule has 0 unspecified atom stereocenters. The number of nitrogens with zero attached hydrogens (tertiary/aromatic N) is 1. The topological polar surface area (TPSA) is 33.1 Å². The molecule has 0 aliphatic rings. The van der Waals surface area contributed by atoms with Crippen molar-refractivity contribution >= 4 is 11.3 Å². The molecule has 62 valence electrons. The van der Waals surface area contributed by atoms with Crippen molar-refractivity contribution in [2.24, 2.45) is 0 Å². The van der Waals surface area contributed by atoms with E-state index in [1.54, 1.807) is 11.3 Å². The van der Waals surface area contributed by atoms with E-state index in [4.69, 9.17) is 5.11 Å². The summed E-state index contributed by atoms with van der Waals surface area (Å²) in [6, 6.07) is 0. The molecule has 0 amide bonds. The third kappa shape index (κ3) is 2.27. The van der Waals surface area contributed by atoms with Crippen LogP contribution in [-0.2, 0) is 6.42 Å². The molecule has 0 aromatic carbocycles. The van der Waals surface area contributed by atoms with E-state index in [-0.39, 0.29) is 6.61 Å². The smallest absolute Gasteiger partial charge is 0.0931 e. The van der Waals surface area contributed by atoms with Gasteiger partial charge in [0.2, 0.25) is 0 Å². The molecule has 0 saturated heterocycles. The van der Waals surface area contributed by atoms with Gasteiger partial charge in [0.05, 0.1) is 10.7 Å². The number of aliphatic hydroxyl groups excluding tert-OH is 1. The number of rotatable bonds is 3. The van der Waals surface area contributed by atoms with Gasteiger partial charge in [0.15, 0.2) is 0 Å². The quantitative estimate of drug-likeness (QED) is 0.750. The fourth-order valence-corrected chi connectivity index (χ4v) is 1.85. The monoisotopic (exact) mass is 171 g/mol. The Balaban J connectivity index is 2.58. The highest BCUT2D eigenvalue weighted by Crippen LogP contribution is 2.17. The largest absolute Gasteiger partial charge is 0.396 e. The van der Waals surface area contributed by atoms with E-state index >= 15 is 0 Å². The van der Waals surface area contributed by atoms with Gasteiger partial charge in [-0.15, -0.1) is 11.3 Å². The van der Waals surface area contributed by atoms with Gasteiger partial charge in [-0.2, -0.15) is 0 Å². The summed E-state index contributed by atoms with van der Waals surface area (Å²) < 4.78 is 0. The molecule has 1 aromatic heterocycles. The van der Waals surface area contributed by atoms with Crippen LogP contribution in [0.3, 0.4) is 0 Å². The molecule has 1 N–H and O–H groups in total. The summed E-state index contributed by atoms with van der Waals surface area (Å²) in [5.74, 6) is 0. The van der Waals surface area contributed by atoms with Crippen LogP contribution >= 0.6 is 11.3 Å². The molecule has 3 heteroatoms. The SMILES string of the molecule is Cc1nc(CCCO)sc1C. The molecular weight excluding hydrogens is 158 g/mol. The average molecular weight is 171 g/mol. The minimum atomic E-state index is 0.262. The summed E-state index contributed by atoms with van der Waals surface area (Å²) in [7, 11) is 0. The van der Waals surface area contributed by atoms with E-state index in [1.165, 1.54) is 4.88 Å². The van der Waals surface area contributed by atoms with E-state index in [0.717, 1.165) is 23.5 Å². The lowest BCUT2D eigenvalue weighted by molar-refractivity contribution is 0.288. The van der Waals surface area contributed by atoms with Crippen LogP contribution in [-0.4, -0.2) is 16.7 Å². The highest BCUT2D eigenvalue weighted by Gasteiger charge is 2.01. The molecule has 1 aromatic rings. The Morgan fingerprint density at radius 2 is 2.18 bits per heavy atom. The van der Waals surface area contributed by atoms with Gasteiger partial charge in [-0.1, -0.05) is 0 Å². The first kappa shape index (κ1) is 8.68. The van der Waals surface area contributed by atoms with Gasteiger partial charge in [-0.05, 0) is 20.3 Å². The van der Waals surface area contributed by atoms with Gasteiger partial charge in [-0.3, -0.25) is 0 Å². The van der Waals surface area contributed by atoms with Crippen LogP contribution in [0, 0.1) is 13.8 Å². The molecule has 0 fully saturated rings. The molecule has 0 aliphatic heterocycles. The summed E-state index contributed by atoms with van der Waals surface area (Å²) in [5, 5.41) is 9.73. The van der Waals surface area contributed by atoms with Crippen LogP contribution in [0.4, 0.5) is 0 Å². The summed E-state index contributed by atoms with van der Waals surface area (Å²) in [6.07, 6.45) is 1.74. The first-order valence-electron chi connectivity index (χ1n) is 3.78. The van der Waals surface area contributed by atoms with Crippen molar-refractivity contribution in [1.29, 1.82) is 0 Å². The van der Waals surface area contributed by atoms with Gasteiger partial charge in [0, 0.05) is 17.9 Å². The molecule has 0 aliphatic carbocycles. The molecule has 0 atom stereocenters. The number of hydrogen-bond acceptors (Lipinski definition) is 3. The summed E-state index contributed by atoms with van der Waals surface area (Å²) in [4.78, 5) is 5.64. The molecule has 1 rings (SSSR count). The van der Waals surface area contributed by atoms with E-state index in [9.17, 15) is 0 Å². The molecular formula is C8H13NOS. The summed E-state index contributed by atoms with van der Waals surface area (Å²) >= 11 is 1.73. The summed E-state index contributed by atoms with van der Waals surface area (Å²) in [5.41, 5.74) is 1.13. The van der Waals surface area contributed by atoms with E-state index in [0.29, 0.717) is 0 Å². The fourth-order valence-electron chi connectivity index (χ4n) is 0.876. The number of thiazole rings is 1. The zero-order chi connectivity index (χ0) is 8.27. The number of aromatic nitrogens is 1. The lowest BCUT2D eigenvalue weighted by Crippen LogP contribution is -1.87. The van der Waals surface area contributed by atoms with Gasteiger partial charge in [0.25, 0.3) is 0 Å².